The van der Waals surface area contributed by atoms with Crippen LogP contribution >= 0.6 is 0 Å². The first-order valence-electron chi connectivity index (χ1n) is 9.97. The first kappa shape index (κ1) is 20.3. The van der Waals surface area contributed by atoms with Gasteiger partial charge in [0.25, 0.3) is 0 Å². The number of nitrogens with zero attached hydrogens (tertiary/aromatic N) is 2. The predicted octanol–water partition coefficient (Wildman–Crippen LogP) is 5.13. The lowest BCUT2D eigenvalue weighted by Crippen LogP contribution is -2.29. The number of fused-ring (bicyclic) bond motifs is 1. The fourth-order valence-electron chi connectivity index (χ4n) is 3.45. The molecule has 0 unspecified atom stereocenters. The van der Waals surface area contributed by atoms with Gasteiger partial charge in [0.1, 0.15) is 11.8 Å². The van der Waals surface area contributed by atoms with E-state index in [-0.39, 0.29) is 6.03 Å². The Hall–Kier alpha value is -3.46. The largest absolute Gasteiger partial charge is 0.494 e. The minimum atomic E-state index is -0.219. The van der Waals surface area contributed by atoms with Gasteiger partial charge in [-0.2, -0.15) is 5.26 Å². The Kier molecular flexibility index (Phi) is 6.40. The van der Waals surface area contributed by atoms with E-state index in [1.54, 1.807) is 0 Å². The van der Waals surface area contributed by atoms with E-state index in [4.69, 9.17) is 4.74 Å². The lowest BCUT2D eigenvalue weighted by Gasteiger charge is -2.11. The maximum absolute atomic E-state index is 11.8. The molecule has 0 radical (unpaired) electrons. The molecule has 0 aliphatic heterocycles. The second kappa shape index (κ2) is 9.16. The Labute approximate surface area is 171 Å². The fourth-order valence-corrected chi connectivity index (χ4v) is 3.45. The molecule has 2 aromatic carbocycles. The number of rotatable bonds is 7. The molecular formula is C23H26N4O2. The normalized spacial score (nSPS) is 10.6. The maximum Gasteiger partial charge on any atom is 0.319 e. The summed E-state index contributed by atoms with van der Waals surface area (Å²) < 4.78 is 7.77. The first-order valence-corrected chi connectivity index (χ1v) is 9.97. The molecule has 0 saturated heterocycles. The lowest BCUT2D eigenvalue weighted by molar-refractivity contribution is 0.252. The van der Waals surface area contributed by atoms with Crippen molar-refractivity contribution in [1.82, 2.24) is 9.88 Å². The molecule has 0 aliphatic rings. The summed E-state index contributed by atoms with van der Waals surface area (Å²) in [6, 6.07) is 15.6. The van der Waals surface area contributed by atoms with Crippen LogP contribution in [0.25, 0.3) is 22.2 Å². The number of urea groups is 1. The molecule has 6 heteroatoms. The van der Waals surface area contributed by atoms with Crippen LogP contribution in [-0.4, -0.2) is 23.7 Å². The second-order valence-electron chi connectivity index (χ2n) is 6.65. The number of carbonyl (C=O) groups excluding carboxylic acids is 1. The number of aromatic nitrogens is 1. The third-order valence-corrected chi connectivity index (χ3v) is 4.73. The highest BCUT2D eigenvalue weighted by molar-refractivity contribution is 5.95. The lowest BCUT2D eigenvalue weighted by atomic mass is 10.1. The smallest absolute Gasteiger partial charge is 0.319 e. The number of nitrogens with one attached hydrogen (secondary N) is 2. The van der Waals surface area contributed by atoms with Crippen LogP contribution in [0.4, 0.5) is 10.5 Å². The van der Waals surface area contributed by atoms with Gasteiger partial charge in [-0.25, -0.2) is 4.79 Å². The van der Waals surface area contributed by atoms with Crippen molar-refractivity contribution in [2.24, 2.45) is 0 Å². The Balaban J connectivity index is 2.00. The van der Waals surface area contributed by atoms with Crippen molar-refractivity contribution in [2.45, 2.75) is 33.7 Å². The van der Waals surface area contributed by atoms with Crippen LogP contribution in [0.15, 0.2) is 42.5 Å². The molecule has 1 aromatic heterocycles. The standard InChI is InChI=1S/C23H26N4O2/c1-4-13-25-23(28)26-17-9-7-16(8-10-17)22-20(15-24)19-12-11-18(29-6-3)14-21(19)27(22)5-2/h7-12,14H,4-6,13H2,1-3H3,(H2,25,26,28). The quantitative estimate of drug-likeness (QED) is 0.587. The molecule has 0 atom stereocenters. The number of amides is 2. The van der Waals surface area contributed by atoms with Gasteiger partial charge < -0.3 is 19.9 Å². The van der Waals surface area contributed by atoms with Gasteiger partial charge in [0.2, 0.25) is 0 Å². The topological polar surface area (TPSA) is 79.1 Å². The predicted molar refractivity (Wildman–Crippen MR) is 116 cm³/mol. The monoisotopic (exact) mass is 390 g/mol. The SMILES string of the molecule is CCCNC(=O)Nc1ccc(-c2c(C#N)c3ccc(OCC)cc3n2CC)cc1. The van der Waals surface area contributed by atoms with Gasteiger partial charge in [-0.05, 0) is 50.1 Å². The highest BCUT2D eigenvalue weighted by Gasteiger charge is 2.18. The molecule has 2 amide bonds. The molecule has 1 heterocycles. The average molecular weight is 390 g/mol. The number of ether oxygens (including phenoxy) is 1. The summed E-state index contributed by atoms with van der Waals surface area (Å²) >= 11 is 0. The van der Waals surface area contributed by atoms with Crippen molar-refractivity contribution in [3.8, 4) is 23.1 Å². The van der Waals surface area contributed by atoms with Crippen LogP contribution in [0.3, 0.4) is 0 Å². The fraction of sp³-hybridized carbons (Fsp3) is 0.304. The van der Waals surface area contributed by atoms with E-state index >= 15 is 0 Å². The van der Waals surface area contributed by atoms with Crippen molar-refractivity contribution in [2.75, 3.05) is 18.5 Å². The van der Waals surface area contributed by atoms with Crippen molar-refractivity contribution in [1.29, 1.82) is 5.26 Å². The zero-order chi connectivity index (χ0) is 20.8. The molecule has 6 nitrogen and oxygen atoms in total. The summed E-state index contributed by atoms with van der Waals surface area (Å²) in [5, 5.41) is 16.4. The Bertz CT molecular complexity index is 1050. The van der Waals surface area contributed by atoms with E-state index in [2.05, 4.69) is 28.2 Å². The number of hydrogen-bond donors (Lipinski definition) is 2. The minimum absolute atomic E-state index is 0.219. The van der Waals surface area contributed by atoms with Crippen LogP contribution in [0, 0.1) is 11.3 Å². The van der Waals surface area contributed by atoms with Crippen LogP contribution in [-0.2, 0) is 6.54 Å². The van der Waals surface area contributed by atoms with Gasteiger partial charge in [0.15, 0.2) is 0 Å². The summed E-state index contributed by atoms with van der Waals surface area (Å²) in [6.45, 7) is 7.97. The van der Waals surface area contributed by atoms with E-state index < -0.39 is 0 Å². The Morgan fingerprint density at radius 1 is 1.14 bits per heavy atom. The van der Waals surface area contributed by atoms with E-state index in [0.717, 1.165) is 40.9 Å². The van der Waals surface area contributed by atoms with E-state index in [0.29, 0.717) is 24.4 Å². The molecule has 29 heavy (non-hydrogen) atoms. The molecule has 0 fully saturated rings. The van der Waals surface area contributed by atoms with E-state index in [1.165, 1.54) is 0 Å². The van der Waals surface area contributed by atoms with Gasteiger partial charge in [0, 0.05) is 30.2 Å². The number of hydrogen-bond acceptors (Lipinski definition) is 3. The number of carbonyl (C=O) groups is 1. The van der Waals surface area contributed by atoms with Crippen LogP contribution < -0.4 is 15.4 Å². The molecule has 150 valence electrons. The molecule has 0 aliphatic carbocycles. The third-order valence-electron chi connectivity index (χ3n) is 4.73. The number of anilines is 1. The summed E-state index contributed by atoms with van der Waals surface area (Å²) in [4.78, 5) is 11.8. The Morgan fingerprint density at radius 3 is 2.52 bits per heavy atom. The van der Waals surface area contributed by atoms with Crippen LogP contribution in [0.5, 0.6) is 5.75 Å². The van der Waals surface area contributed by atoms with Crippen LogP contribution in [0.2, 0.25) is 0 Å². The molecule has 2 N–H and O–H groups in total. The number of aryl methyl sites for hydroxylation is 1. The third kappa shape index (κ3) is 4.19. The second-order valence-corrected chi connectivity index (χ2v) is 6.65. The van der Waals surface area contributed by atoms with Crippen LogP contribution in [0.1, 0.15) is 32.8 Å². The highest BCUT2D eigenvalue weighted by atomic mass is 16.5. The van der Waals surface area contributed by atoms with E-state index in [9.17, 15) is 10.1 Å². The van der Waals surface area contributed by atoms with Crippen molar-refractivity contribution >= 4 is 22.6 Å². The molecule has 0 bridgehead atoms. The van der Waals surface area contributed by atoms with Gasteiger partial charge in [-0.15, -0.1) is 0 Å². The summed E-state index contributed by atoms with van der Waals surface area (Å²) in [5.74, 6) is 0.792. The van der Waals surface area contributed by atoms with Crippen molar-refractivity contribution in [3.05, 3.63) is 48.0 Å². The van der Waals surface area contributed by atoms with Gasteiger partial charge in [-0.1, -0.05) is 19.1 Å². The maximum atomic E-state index is 11.8. The summed E-state index contributed by atoms with van der Waals surface area (Å²) in [7, 11) is 0. The molecule has 3 rings (SSSR count). The summed E-state index contributed by atoms with van der Waals surface area (Å²) in [6.07, 6.45) is 0.885. The van der Waals surface area contributed by atoms with Crippen molar-refractivity contribution in [3.63, 3.8) is 0 Å². The zero-order valence-electron chi connectivity index (χ0n) is 17.1. The molecule has 0 saturated carbocycles. The minimum Gasteiger partial charge on any atom is -0.494 e. The zero-order valence-corrected chi connectivity index (χ0v) is 17.1. The molecule has 3 aromatic rings. The average Bonchev–Trinajstić information content (AvgIpc) is 3.05. The Morgan fingerprint density at radius 2 is 1.90 bits per heavy atom. The van der Waals surface area contributed by atoms with Gasteiger partial charge >= 0.3 is 6.03 Å². The molecule has 0 spiro atoms. The van der Waals surface area contributed by atoms with Gasteiger partial charge in [0.05, 0.1) is 23.4 Å². The number of nitriles is 1. The van der Waals surface area contributed by atoms with Gasteiger partial charge in [-0.3, -0.25) is 0 Å². The summed E-state index contributed by atoms with van der Waals surface area (Å²) in [5.41, 5.74) is 4.13. The first-order chi connectivity index (χ1) is 14.1. The van der Waals surface area contributed by atoms with Crippen molar-refractivity contribution < 1.29 is 9.53 Å². The highest BCUT2D eigenvalue weighted by Crippen LogP contribution is 2.35. The molecular weight excluding hydrogens is 364 g/mol. The number of benzene rings is 2. The van der Waals surface area contributed by atoms with E-state index in [1.807, 2.05) is 56.3 Å².